The highest BCUT2D eigenvalue weighted by atomic mass is 16.6. The number of nitrogens with zero attached hydrogens (tertiary/aromatic N) is 2. The van der Waals surface area contributed by atoms with Crippen LogP contribution in [0.25, 0.3) is 0 Å². The molecule has 4 amide bonds. The summed E-state index contributed by atoms with van der Waals surface area (Å²) in [6, 6.07) is 4.93. The molecule has 0 unspecified atom stereocenters. The van der Waals surface area contributed by atoms with Gasteiger partial charge in [-0.2, -0.15) is 5.01 Å². The number of ether oxygens (including phenoxy) is 1. The first-order valence-electron chi connectivity index (χ1n) is 8.65. The van der Waals surface area contributed by atoms with Crippen LogP contribution in [0, 0.1) is 16.0 Å². The second-order valence-electron chi connectivity index (χ2n) is 6.88. The second-order valence-corrected chi connectivity index (χ2v) is 6.88. The lowest BCUT2D eigenvalue weighted by Gasteiger charge is -2.33. The van der Waals surface area contributed by atoms with Gasteiger partial charge in [0.25, 0.3) is 11.8 Å². The molecule has 1 heterocycles. The van der Waals surface area contributed by atoms with Crippen LogP contribution >= 0.6 is 0 Å². The smallest absolute Gasteiger partial charge is 0.344 e. The van der Waals surface area contributed by atoms with Gasteiger partial charge in [0.05, 0.1) is 4.92 Å². The molecule has 144 valence electrons. The fourth-order valence-corrected chi connectivity index (χ4v) is 3.35. The van der Waals surface area contributed by atoms with Crippen LogP contribution in [0.5, 0.6) is 5.75 Å². The Morgan fingerprint density at radius 1 is 1.37 bits per heavy atom. The second kappa shape index (κ2) is 7.22. The van der Waals surface area contributed by atoms with Crippen molar-refractivity contribution in [1.82, 2.24) is 15.8 Å². The third-order valence-corrected chi connectivity index (χ3v) is 4.95. The number of para-hydroxylation sites is 2. The van der Waals surface area contributed by atoms with Crippen molar-refractivity contribution in [3.63, 3.8) is 0 Å². The van der Waals surface area contributed by atoms with Gasteiger partial charge in [-0.25, -0.2) is 4.79 Å². The van der Waals surface area contributed by atoms with Crippen molar-refractivity contribution in [1.29, 1.82) is 0 Å². The van der Waals surface area contributed by atoms with Crippen LogP contribution in [0.4, 0.5) is 10.5 Å². The van der Waals surface area contributed by atoms with Crippen molar-refractivity contribution < 1.29 is 24.0 Å². The molecule has 10 nitrogen and oxygen atoms in total. The van der Waals surface area contributed by atoms with Gasteiger partial charge in [0.2, 0.25) is 0 Å². The minimum absolute atomic E-state index is 0.0763. The predicted molar refractivity (Wildman–Crippen MR) is 92.5 cm³/mol. The maximum absolute atomic E-state index is 12.7. The van der Waals surface area contributed by atoms with E-state index in [1.165, 1.54) is 24.3 Å². The molecule has 2 N–H and O–H groups in total. The molecule has 1 aliphatic heterocycles. The Morgan fingerprint density at radius 3 is 2.70 bits per heavy atom. The van der Waals surface area contributed by atoms with Gasteiger partial charge in [0.15, 0.2) is 12.4 Å². The van der Waals surface area contributed by atoms with E-state index in [0.717, 1.165) is 12.8 Å². The van der Waals surface area contributed by atoms with Gasteiger partial charge in [-0.3, -0.25) is 25.1 Å². The summed E-state index contributed by atoms with van der Waals surface area (Å²) in [7, 11) is 0. The lowest BCUT2D eigenvalue weighted by atomic mass is 9.77. The van der Waals surface area contributed by atoms with Crippen LogP contribution < -0.4 is 15.5 Å². The largest absolute Gasteiger partial charge is 0.477 e. The van der Waals surface area contributed by atoms with E-state index in [4.69, 9.17) is 4.74 Å². The summed E-state index contributed by atoms with van der Waals surface area (Å²) >= 11 is 0. The van der Waals surface area contributed by atoms with Gasteiger partial charge in [0, 0.05) is 6.07 Å². The van der Waals surface area contributed by atoms with Crippen molar-refractivity contribution in [2.75, 3.05) is 6.61 Å². The quantitative estimate of drug-likeness (QED) is 0.455. The topological polar surface area (TPSA) is 131 Å². The zero-order valence-electron chi connectivity index (χ0n) is 14.8. The molecule has 3 rings (SSSR count). The van der Waals surface area contributed by atoms with Gasteiger partial charge >= 0.3 is 11.7 Å². The number of rotatable bonds is 5. The Balaban J connectivity index is 1.61. The van der Waals surface area contributed by atoms with Crippen molar-refractivity contribution in [2.24, 2.45) is 5.92 Å². The molecule has 1 saturated heterocycles. The molecule has 1 aromatic rings. The molecule has 0 aromatic heterocycles. The molecule has 2 fully saturated rings. The number of hydrazine groups is 1. The number of nitro groups is 1. The van der Waals surface area contributed by atoms with Crippen LogP contribution in [0.1, 0.15) is 32.6 Å². The summed E-state index contributed by atoms with van der Waals surface area (Å²) < 4.78 is 5.17. The normalized spacial score (nSPS) is 24.6. The zero-order chi connectivity index (χ0) is 19.6. The van der Waals surface area contributed by atoms with Gasteiger partial charge in [-0.1, -0.05) is 19.1 Å². The van der Waals surface area contributed by atoms with Gasteiger partial charge in [-0.05, 0) is 37.7 Å². The summed E-state index contributed by atoms with van der Waals surface area (Å²) in [6.07, 6.45) is 2.68. The van der Waals surface area contributed by atoms with Gasteiger partial charge in [-0.15, -0.1) is 0 Å². The van der Waals surface area contributed by atoms with Gasteiger partial charge < -0.3 is 10.1 Å². The van der Waals surface area contributed by atoms with Crippen molar-refractivity contribution in [2.45, 2.75) is 38.1 Å². The third kappa shape index (κ3) is 3.69. The zero-order valence-corrected chi connectivity index (χ0v) is 14.8. The number of imide groups is 1. The minimum Gasteiger partial charge on any atom is -0.477 e. The Bertz CT molecular complexity index is 787. The fourth-order valence-electron chi connectivity index (χ4n) is 3.35. The highest BCUT2D eigenvalue weighted by Gasteiger charge is 2.52. The van der Waals surface area contributed by atoms with Gasteiger partial charge in [0.1, 0.15) is 5.54 Å². The molecule has 0 bridgehead atoms. The first-order chi connectivity index (χ1) is 12.8. The number of nitrogens with one attached hydrogen (secondary N) is 2. The average Bonchev–Trinajstić information content (AvgIpc) is 2.87. The van der Waals surface area contributed by atoms with Crippen molar-refractivity contribution >= 4 is 23.5 Å². The number of amides is 4. The summed E-state index contributed by atoms with van der Waals surface area (Å²) in [5.74, 6) is -0.845. The fraction of sp³-hybridized carbons (Fsp3) is 0.471. The lowest BCUT2D eigenvalue weighted by Crippen LogP contribution is -2.52. The number of benzene rings is 1. The lowest BCUT2D eigenvalue weighted by molar-refractivity contribution is -0.385. The van der Waals surface area contributed by atoms with Crippen LogP contribution in [0.3, 0.4) is 0 Å². The van der Waals surface area contributed by atoms with E-state index in [0.29, 0.717) is 23.8 Å². The number of urea groups is 1. The average molecular weight is 376 g/mol. The number of hydrogen-bond acceptors (Lipinski definition) is 6. The molecule has 1 saturated carbocycles. The number of carbonyl (C=O) groups excluding carboxylic acids is 3. The van der Waals surface area contributed by atoms with Crippen LogP contribution in [0.15, 0.2) is 24.3 Å². The Hall–Kier alpha value is -3.17. The predicted octanol–water partition coefficient (Wildman–Crippen LogP) is 1.51. The maximum atomic E-state index is 12.7. The molecule has 1 aromatic carbocycles. The summed E-state index contributed by atoms with van der Waals surface area (Å²) in [5.41, 5.74) is 0.974. The number of hydrogen-bond donors (Lipinski definition) is 2. The van der Waals surface area contributed by atoms with E-state index in [2.05, 4.69) is 17.7 Å². The Morgan fingerprint density at radius 2 is 2.04 bits per heavy atom. The standard InChI is InChI=1S/C17H20N4O6/c1-11-6-8-17(9-7-11)15(23)20(16(24)18-17)19-14(22)10-27-13-5-3-2-4-12(13)21(25)26/h2-5,11H,6-10H2,1H3,(H,18,24)(H,19,22). The molecular weight excluding hydrogens is 356 g/mol. The molecular formula is C17H20N4O6. The van der Waals surface area contributed by atoms with E-state index in [9.17, 15) is 24.5 Å². The van der Waals surface area contributed by atoms with E-state index in [-0.39, 0.29) is 11.4 Å². The molecule has 1 aliphatic carbocycles. The van der Waals surface area contributed by atoms with Crippen LogP contribution in [-0.2, 0) is 9.59 Å². The Labute approximate surface area is 155 Å². The maximum Gasteiger partial charge on any atom is 0.344 e. The van der Waals surface area contributed by atoms with E-state index in [1.54, 1.807) is 0 Å². The minimum atomic E-state index is -0.962. The highest BCUT2D eigenvalue weighted by Crippen LogP contribution is 2.35. The summed E-state index contributed by atoms with van der Waals surface area (Å²) in [4.78, 5) is 47.2. The van der Waals surface area contributed by atoms with E-state index >= 15 is 0 Å². The highest BCUT2D eigenvalue weighted by molar-refractivity contribution is 6.08. The summed E-state index contributed by atoms with van der Waals surface area (Å²) in [6.45, 7) is 1.51. The molecule has 2 aliphatic rings. The Kier molecular flexibility index (Phi) is 4.98. The molecule has 10 heteroatoms. The summed E-state index contributed by atoms with van der Waals surface area (Å²) in [5, 5.41) is 14.3. The molecule has 27 heavy (non-hydrogen) atoms. The first-order valence-corrected chi connectivity index (χ1v) is 8.65. The van der Waals surface area contributed by atoms with E-state index in [1.807, 2.05) is 0 Å². The third-order valence-electron chi connectivity index (χ3n) is 4.95. The molecule has 1 spiro atoms. The first kappa shape index (κ1) is 18.6. The molecule has 0 atom stereocenters. The number of carbonyl (C=O) groups is 3. The monoisotopic (exact) mass is 376 g/mol. The van der Waals surface area contributed by atoms with Crippen LogP contribution in [-0.4, -0.2) is 39.9 Å². The molecule has 0 radical (unpaired) electrons. The van der Waals surface area contributed by atoms with E-state index < -0.39 is 34.9 Å². The van der Waals surface area contributed by atoms with Crippen molar-refractivity contribution in [3.05, 3.63) is 34.4 Å². The van der Waals surface area contributed by atoms with Crippen molar-refractivity contribution in [3.8, 4) is 5.75 Å². The SMILES string of the molecule is CC1CCC2(CC1)NC(=O)N(NC(=O)COc1ccccc1[N+](=O)[O-])C2=O. The van der Waals surface area contributed by atoms with Crippen LogP contribution in [0.2, 0.25) is 0 Å². The number of nitro benzene ring substituents is 1.